The standard InChI is InChI=1S/C15H13ClN2O2/c1-10-6-7-12(14(19)8-10)15(20)18-17-9-11-4-2-3-5-13(11)16/h2-9,19H,1H3,(H,18,20)/b17-9+. The van der Waals surface area contributed by atoms with Crippen LogP contribution in [-0.4, -0.2) is 17.2 Å². The van der Waals surface area contributed by atoms with Crippen LogP contribution in [0.5, 0.6) is 5.75 Å². The predicted molar refractivity (Wildman–Crippen MR) is 79.4 cm³/mol. The molecule has 0 heterocycles. The number of aromatic hydroxyl groups is 1. The number of amides is 1. The second kappa shape index (κ2) is 6.21. The smallest absolute Gasteiger partial charge is 0.275 e. The molecule has 0 aliphatic rings. The van der Waals surface area contributed by atoms with Crippen LogP contribution in [0.2, 0.25) is 5.02 Å². The van der Waals surface area contributed by atoms with Crippen molar-refractivity contribution in [1.82, 2.24) is 5.43 Å². The zero-order valence-electron chi connectivity index (χ0n) is 10.8. The second-order valence-electron chi connectivity index (χ2n) is 4.24. The molecular weight excluding hydrogens is 276 g/mol. The summed E-state index contributed by atoms with van der Waals surface area (Å²) in [6.07, 6.45) is 1.45. The first kappa shape index (κ1) is 14.1. The van der Waals surface area contributed by atoms with E-state index in [9.17, 15) is 9.90 Å². The quantitative estimate of drug-likeness (QED) is 0.673. The molecule has 0 aliphatic heterocycles. The molecule has 1 amide bonds. The maximum absolute atomic E-state index is 11.8. The van der Waals surface area contributed by atoms with Crippen LogP contribution in [0, 0.1) is 6.92 Å². The number of carbonyl (C=O) groups is 1. The van der Waals surface area contributed by atoms with Crippen molar-refractivity contribution in [2.24, 2.45) is 5.10 Å². The van der Waals surface area contributed by atoms with E-state index in [2.05, 4.69) is 10.5 Å². The molecule has 0 aliphatic carbocycles. The minimum Gasteiger partial charge on any atom is -0.507 e. The molecule has 0 bridgehead atoms. The molecule has 0 spiro atoms. The van der Waals surface area contributed by atoms with Gasteiger partial charge >= 0.3 is 0 Å². The fourth-order valence-corrected chi connectivity index (χ4v) is 1.82. The Balaban J connectivity index is 2.07. The highest BCUT2D eigenvalue weighted by atomic mass is 35.5. The summed E-state index contributed by atoms with van der Waals surface area (Å²) < 4.78 is 0. The predicted octanol–water partition coefficient (Wildman–Crippen LogP) is 3.12. The molecule has 2 aromatic rings. The molecule has 4 nitrogen and oxygen atoms in total. The molecule has 0 aromatic heterocycles. The average molecular weight is 289 g/mol. The van der Waals surface area contributed by atoms with Gasteiger partial charge in [0.15, 0.2) is 0 Å². The summed E-state index contributed by atoms with van der Waals surface area (Å²) in [5, 5.41) is 14.1. The van der Waals surface area contributed by atoms with Crippen LogP contribution in [0.15, 0.2) is 47.6 Å². The summed E-state index contributed by atoms with van der Waals surface area (Å²) >= 11 is 5.96. The van der Waals surface area contributed by atoms with Gasteiger partial charge in [-0.1, -0.05) is 35.9 Å². The summed E-state index contributed by atoms with van der Waals surface area (Å²) in [6, 6.07) is 11.9. The molecule has 2 rings (SSSR count). The van der Waals surface area contributed by atoms with E-state index in [1.54, 1.807) is 24.3 Å². The Morgan fingerprint density at radius 1 is 1.30 bits per heavy atom. The van der Waals surface area contributed by atoms with Crippen molar-refractivity contribution in [3.63, 3.8) is 0 Å². The minimum atomic E-state index is -0.481. The number of benzene rings is 2. The van der Waals surface area contributed by atoms with Crippen LogP contribution in [-0.2, 0) is 0 Å². The summed E-state index contributed by atoms with van der Waals surface area (Å²) in [5.41, 5.74) is 4.09. The fourth-order valence-electron chi connectivity index (χ4n) is 1.63. The van der Waals surface area contributed by atoms with Crippen molar-refractivity contribution in [2.45, 2.75) is 6.92 Å². The van der Waals surface area contributed by atoms with Crippen molar-refractivity contribution >= 4 is 23.7 Å². The highest BCUT2D eigenvalue weighted by molar-refractivity contribution is 6.33. The fraction of sp³-hybridized carbons (Fsp3) is 0.0667. The third-order valence-corrected chi connectivity index (χ3v) is 3.02. The van der Waals surface area contributed by atoms with Crippen LogP contribution in [0.3, 0.4) is 0 Å². The number of rotatable bonds is 3. The molecule has 5 heteroatoms. The van der Waals surface area contributed by atoms with Gasteiger partial charge in [0.05, 0.1) is 11.8 Å². The number of nitrogens with one attached hydrogen (secondary N) is 1. The Morgan fingerprint density at radius 2 is 2.05 bits per heavy atom. The first-order chi connectivity index (χ1) is 9.58. The molecule has 0 saturated heterocycles. The van der Waals surface area contributed by atoms with Crippen molar-refractivity contribution in [3.05, 3.63) is 64.2 Å². The van der Waals surface area contributed by atoms with E-state index >= 15 is 0 Å². The number of halogens is 1. The summed E-state index contributed by atoms with van der Waals surface area (Å²) in [4.78, 5) is 11.8. The Bertz CT molecular complexity index is 669. The van der Waals surface area contributed by atoms with Crippen molar-refractivity contribution in [2.75, 3.05) is 0 Å². The van der Waals surface area contributed by atoms with E-state index < -0.39 is 5.91 Å². The van der Waals surface area contributed by atoms with E-state index in [1.165, 1.54) is 12.3 Å². The molecule has 0 saturated carbocycles. The number of hydrogen-bond acceptors (Lipinski definition) is 3. The van der Waals surface area contributed by atoms with E-state index in [0.717, 1.165) is 5.56 Å². The van der Waals surface area contributed by atoms with Crippen molar-refractivity contribution in [3.8, 4) is 5.75 Å². The van der Waals surface area contributed by atoms with E-state index in [4.69, 9.17) is 11.6 Å². The lowest BCUT2D eigenvalue weighted by Crippen LogP contribution is -2.17. The third-order valence-electron chi connectivity index (χ3n) is 2.67. The maximum Gasteiger partial charge on any atom is 0.275 e. The molecule has 20 heavy (non-hydrogen) atoms. The molecule has 0 unspecified atom stereocenters. The van der Waals surface area contributed by atoms with Gasteiger partial charge in [0.2, 0.25) is 0 Å². The molecule has 2 N–H and O–H groups in total. The number of hydrogen-bond donors (Lipinski definition) is 2. The van der Waals surface area contributed by atoms with Gasteiger partial charge in [0.1, 0.15) is 5.75 Å². The molecule has 0 radical (unpaired) electrons. The molecule has 2 aromatic carbocycles. The molecular formula is C15H13ClN2O2. The van der Waals surface area contributed by atoms with Gasteiger partial charge < -0.3 is 5.11 Å². The summed E-state index contributed by atoms with van der Waals surface area (Å²) in [7, 11) is 0. The number of nitrogens with zero attached hydrogens (tertiary/aromatic N) is 1. The maximum atomic E-state index is 11.8. The number of carbonyl (C=O) groups excluding carboxylic acids is 1. The van der Waals surface area contributed by atoms with E-state index in [1.807, 2.05) is 19.1 Å². The largest absolute Gasteiger partial charge is 0.507 e. The lowest BCUT2D eigenvalue weighted by Gasteiger charge is -2.03. The summed E-state index contributed by atoms with van der Waals surface area (Å²) in [6.45, 7) is 1.83. The summed E-state index contributed by atoms with van der Waals surface area (Å²) in [5.74, 6) is -0.554. The first-order valence-electron chi connectivity index (χ1n) is 5.95. The highest BCUT2D eigenvalue weighted by Gasteiger charge is 2.09. The molecule has 102 valence electrons. The third kappa shape index (κ3) is 3.36. The number of aryl methyl sites for hydroxylation is 1. The minimum absolute atomic E-state index is 0.0737. The van der Waals surface area contributed by atoms with E-state index in [-0.39, 0.29) is 11.3 Å². The first-order valence-corrected chi connectivity index (χ1v) is 6.33. The van der Waals surface area contributed by atoms with Gasteiger partial charge in [-0.25, -0.2) is 5.43 Å². The van der Waals surface area contributed by atoms with Crippen LogP contribution >= 0.6 is 11.6 Å². The van der Waals surface area contributed by atoms with Crippen LogP contribution in [0.25, 0.3) is 0 Å². The zero-order chi connectivity index (χ0) is 14.5. The van der Waals surface area contributed by atoms with Gasteiger partial charge in [0, 0.05) is 10.6 Å². The topological polar surface area (TPSA) is 61.7 Å². The normalized spacial score (nSPS) is 10.7. The van der Waals surface area contributed by atoms with Crippen LogP contribution in [0.4, 0.5) is 0 Å². The molecule has 0 atom stereocenters. The SMILES string of the molecule is Cc1ccc(C(=O)N/N=C/c2ccccc2Cl)c(O)c1. The number of phenolic OH excluding ortho intramolecular Hbond substituents is 1. The van der Waals surface area contributed by atoms with Gasteiger partial charge in [-0.05, 0) is 30.7 Å². The van der Waals surface area contributed by atoms with E-state index in [0.29, 0.717) is 10.6 Å². The van der Waals surface area contributed by atoms with Crippen molar-refractivity contribution < 1.29 is 9.90 Å². The van der Waals surface area contributed by atoms with Gasteiger partial charge in [-0.15, -0.1) is 0 Å². The highest BCUT2D eigenvalue weighted by Crippen LogP contribution is 2.18. The van der Waals surface area contributed by atoms with Crippen molar-refractivity contribution in [1.29, 1.82) is 0 Å². The Kier molecular flexibility index (Phi) is 4.38. The van der Waals surface area contributed by atoms with Gasteiger partial charge in [-0.2, -0.15) is 5.10 Å². The van der Waals surface area contributed by atoms with Gasteiger partial charge in [0.25, 0.3) is 5.91 Å². The lowest BCUT2D eigenvalue weighted by molar-refractivity contribution is 0.0952. The Labute approximate surface area is 121 Å². The Morgan fingerprint density at radius 3 is 2.75 bits per heavy atom. The zero-order valence-corrected chi connectivity index (χ0v) is 11.6. The Hall–Kier alpha value is -2.33. The monoisotopic (exact) mass is 288 g/mol. The number of phenols is 1. The van der Waals surface area contributed by atoms with Gasteiger partial charge in [-0.3, -0.25) is 4.79 Å². The lowest BCUT2D eigenvalue weighted by atomic mass is 10.1. The molecule has 0 fully saturated rings. The number of hydrazone groups is 1. The van der Waals surface area contributed by atoms with Crippen LogP contribution in [0.1, 0.15) is 21.5 Å². The second-order valence-corrected chi connectivity index (χ2v) is 4.65. The average Bonchev–Trinajstić information content (AvgIpc) is 2.40. The van der Waals surface area contributed by atoms with Crippen LogP contribution < -0.4 is 5.43 Å².